The molecular formula is C18H15ClN2O4. The molecule has 0 spiro atoms. The number of nitrogens with zero attached hydrogens (tertiary/aromatic N) is 2. The molecule has 3 rings (SSSR count). The molecule has 0 aliphatic carbocycles. The fourth-order valence-electron chi connectivity index (χ4n) is 2.20. The SMILES string of the molecule is CCC(Oc1ccc(Oc2cnc3cc(Cl)ccc3n2)cc1)C(=O)O. The zero-order valence-electron chi connectivity index (χ0n) is 13.3. The number of aromatic nitrogens is 2. The maximum atomic E-state index is 11.0. The Bertz CT molecular complexity index is 899. The largest absolute Gasteiger partial charge is 0.479 e. The molecule has 0 radical (unpaired) electrons. The van der Waals surface area contributed by atoms with Gasteiger partial charge in [-0.2, -0.15) is 0 Å². The first kappa shape index (κ1) is 17.0. The molecule has 1 N–H and O–H groups in total. The maximum Gasteiger partial charge on any atom is 0.344 e. The average Bonchev–Trinajstić information content (AvgIpc) is 2.61. The van der Waals surface area contributed by atoms with E-state index in [-0.39, 0.29) is 0 Å². The Morgan fingerprint density at radius 2 is 1.88 bits per heavy atom. The fraction of sp³-hybridized carbons (Fsp3) is 0.167. The Balaban J connectivity index is 1.73. The van der Waals surface area contributed by atoms with Gasteiger partial charge in [-0.25, -0.2) is 14.8 Å². The zero-order chi connectivity index (χ0) is 17.8. The summed E-state index contributed by atoms with van der Waals surface area (Å²) in [5, 5.41) is 9.61. The number of rotatable bonds is 6. The third kappa shape index (κ3) is 4.16. The normalized spacial score (nSPS) is 11.9. The van der Waals surface area contributed by atoms with Crippen LogP contribution in [0.25, 0.3) is 11.0 Å². The summed E-state index contributed by atoms with van der Waals surface area (Å²) in [6, 6.07) is 11.9. The van der Waals surface area contributed by atoms with Gasteiger partial charge in [0.05, 0.1) is 17.2 Å². The Kier molecular flexibility index (Phi) is 5.00. The summed E-state index contributed by atoms with van der Waals surface area (Å²) >= 11 is 5.92. The molecule has 1 unspecified atom stereocenters. The van der Waals surface area contributed by atoms with Crippen LogP contribution >= 0.6 is 11.6 Å². The van der Waals surface area contributed by atoms with Gasteiger partial charge in [0.1, 0.15) is 11.5 Å². The number of carbonyl (C=O) groups is 1. The highest BCUT2D eigenvalue weighted by molar-refractivity contribution is 6.31. The molecule has 0 aliphatic heterocycles. The van der Waals surface area contributed by atoms with Crippen LogP contribution in [0, 0.1) is 0 Å². The number of halogens is 1. The van der Waals surface area contributed by atoms with E-state index in [2.05, 4.69) is 9.97 Å². The molecule has 1 heterocycles. The summed E-state index contributed by atoms with van der Waals surface area (Å²) < 4.78 is 11.1. The molecule has 0 saturated heterocycles. The molecule has 0 amide bonds. The molecule has 0 fully saturated rings. The van der Waals surface area contributed by atoms with Crippen molar-refractivity contribution in [3.63, 3.8) is 0 Å². The van der Waals surface area contributed by atoms with Gasteiger partial charge in [0.25, 0.3) is 0 Å². The van der Waals surface area contributed by atoms with Crippen molar-refractivity contribution in [3.8, 4) is 17.4 Å². The predicted molar refractivity (Wildman–Crippen MR) is 93.4 cm³/mol. The summed E-state index contributed by atoms with van der Waals surface area (Å²) in [5.41, 5.74) is 1.36. The zero-order valence-corrected chi connectivity index (χ0v) is 14.1. The molecule has 6 nitrogen and oxygen atoms in total. The van der Waals surface area contributed by atoms with Crippen LogP contribution in [0.5, 0.6) is 17.4 Å². The van der Waals surface area contributed by atoms with Crippen molar-refractivity contribution in [2.24, 2.45) is 0 Å². The van der Waals surface area contributed by atoms with Gasteiger partial charge in [-0.15, -0.1) is 0 Å². The van der Waals surface area contributed by atoms with Crippen molar-refractivity contribution < 1.29 is 19.4 Å². The van der Waals surface area contributed by atoms with Crippen LogP contribution in [0.15, 0.2) is 48.7 Å². The van der Waals surface area contributed by atoms with E-state index in [1.165, 1.54) is 6.20 Å². The highest BCUT2D eigenvalue weighted by atomic mass is 35.5. The first-order valence-corrected chi connectivity index (χ1v) is 8.02. The van der Waals surface area contributed by atoms with Gasteiger partial charge in [-0.05, 0) is 48.9 Å². The lowest BCUT2D eigenvalue weighted by Crippen LogP contribution is -2.25. The Labute approximate surface area is 149 Å². The monoisotopic (exact) mass is 358 g/mol. The van der Waals surface area contributed by atoms with E-state index >= 15 is 0 Å². The lowest BCUT2D eigenvalue weighted by molar-refractivity contribution is -0.145. The number of carboxylic acid groups (broad SMARTS) is 1. The molecule has 25 heavy (non-hydrogen) atoms. The molecule has 3 aromatic rings. The van der Waals surface area contributed by atoms with Gasteiger partial charge in [0.15, 0.2) is 6.10 Å². The summed E-state index contributed by atoms with van der Waals surface area (Å²) in [6.45, 7) is 1.75. The minimum Gasteiger partial charge on any atom is -0.479 e. The molecule has 1 atom stereocenters. The third-order valence-electron chi connectivity index (χ3n) is 3.45. The van der Waals surface area contributed by atoms with Crippen LogP contribution < -0.4 is 9.47 Å². The quantitative estimate of drug-likeness (QED) is 0.706. The molecule has 0 saturated carbocycles. The highest BCUT2D eigenvalue weighted by Crippen LogP contribution is 2.25. The van der Waals surface area contributed by atoms with Gasteiger partial charge in [0, 0.05) is 5.02 Å². The van der Waals surface area contributed by atoms with E-state index in [1.54, 1.807) is 49.4 Å². The molecule has 2 aromatic carbocycles. The van der Waals surface area contributed by atoms with E-state index in [4.69, 9.17) is 26.2 Å². The first-order chi connectivity index (χ1) is 12.0. The topological polar surface area (TPSA) is 81.5 Å². The Hall–Kier alpha value is -2.86. The van der Waals surface area contributed by atoms with Crippen molar-refractivity contribution in [3.05, 3.63) is 53.7 Å². The Morgan fingerprint density at radius 3 is 2.56 bits per heavy atom. The van der Waals surface area contributed by atoms with E-state index in [9.17, 15) is 4.79 Å². The van der Waals surface area contributed by atoms with Gasteiger partial charge in [-0.1, -0.05) is 18.5 Å². The maximum absolute atomic E-state index is 11.0. The predicted octanol–water partition coefficient (Wildman–Crippen LogP) is 4.32. The molecular weight excluding hydrogens is 344 g/mol. The number of hydrogen-bond donors (Lipinski definition) is 1. The van der Waals surface area contributed by atoms with Crippen LogP contribution in [0.2, 0.25) is 5.02 Å². The van der Waals surface area contributed by atoms with Gasteiger partial charge in [0.2, 0.25) is 5.88 Å². The van der Waals surface area contributed by atoms with Gasteiger partial charge in [-0.3, -0.25) is 0 Å². The van der Waals surface area contributed by atoms with Crippen LogP contribution in [-0.4, -0.2) is 27.1 Å². The molecule has 128 valence electrons. The number of carboxylic acids is 1. The molecule has 0 bridgehead atoms. The van der Waals surface area contributed by atoms with Crippen molar-refractivity contribution in [1.29, 1.82) is 0 Å². The van der Waals surface area contributed by atoms with E-state index in [0.29, 0.717) is 39.9 Å². The van der Waals surface area contributed by atoms with Crippen molar-refractivity contribution in [1.82, 2.24) is 9.97 Å². The van der Waals surface area contributed by atoms with E-state index < -0.39 is 12.1 Å². The fourth-order valence-corrected chi connectivity index (χ4v) is 2.36. The van der Waals surface area contributed by atoms with Crippen molar-refractivity contribution >= 4 is 28.6 Å². The average molecular weight is 359 g/mol. The van der Waals surface area contributed by atoms with Crippen LogP contribution in [0.4, 0.5) is 0 Å². The van der Waals surface area contributed by atoms with Crippen molar-refractivity contribution in [2.75, 3.05) is 0 Å². The number of benzene rings is 2. The minimum atomic E-state index is -0.991. The second-order valence-electron chi connectivity index (χ2n) is 5.27. The molecule has 7 heteroatoms. The number of ether oxygens (including phenoxy) is 2. The summed E-state index contributed by atoms with van der Waals surface area (Å²) in [4.78, 5) is 19.6. The summed E-state index contributed by atoms with van der Waals surface area (Å²) in [5.74, 6) is 0.356. The Morgan fingerprint density at radius 1 is 1.16 bits per heavy atom. The van der Waals surface area contributed by atoms with E-state index in [0.717, 1.165) is 0 Å². The summed E-state index contributed by atoms with van der Waals surface area (Å²) in [6.07, 6.45) is 1.02. The minimum absolute atomic E-state index is 0.348. The number of fused-ring (bicyclic) bond motifs is 1. The van der Waals surface area contributed by atoms with Crippen LogP contribution in [-0.2, 0) is 4.79 Å². The van der Waals surface area contributed by atoms with Crippen LogP contribution in [0.3, 0.4) is 0 Å². The third-order valence-corrected chi connectivity index (χ3v) is 3.69. The second-order valence-corrected chi connectivity index (χ2v) is 5.70. The smallest absolute Gasteiger partial charge is 0.344 e. The highest BCUT2D eigenvalue weighted by Gasteiger charge is 2.16. The molecule has 1 aromatic heterocycles. The van der Waals surface area contributed by atoms with Gasteiger partial charge < -0.3 is 14.6 Å². The number of aliphatic carboxylic acids is 1. The lowest BCUT2D eigenvalue weighted by atomic mass is 10.2. The standard InChI is InChI=1S/C18H15ClN2O4/c1-2-16(18(22)23)24-12-4-6-13(7-5-12)25-17-10-20-15-9-11(19)3-8-14(15)21-17/h3-10,16H,2H2,1H3,(H,22,23). The first-order valence-electron chi connectivity index (χ1n) is 7.65. The van der Waals surface area contributed by atoms with Crippen molar-refractivity contribution in [2.45, 2.75) is 19.4 Å². The van der Waals surface area contributed by atoms with Crippen LogP contribution in [0.1, 0.15) is 13.3 Å². The second kappa shape index (κ2) is 7.36. The molecule has 0 aliphatic rings. The van der Waals surface area contributed by atoms with E-state index in [1.807, 2.05) is 0 Å². The lowest BCUT2D eigenvalue weighted by Gasteiger charge is -2.13. The summed E-state index contributed by atoms with van der Waals surface area (Å²) in [7, 11) is 0. The number of hydrogen-bond acceptors (Lipinski definition) is 5. The van der Waals surface area contributed by atoms with Gasteiger partial charge >= 0.3 is 5.97 Å².